The topological polar surface area (TPSA) is 110 Å². The molecule has 1 aliphatic heterocycles. The van der Waals surface area contributed by atoms with Gasteiger partial charge in [-0.25, -0.2) is 4.98 Å². The van der Waals surface area contributed by atoms with E-state index in [9.17, 15) is 33.3 Å². The van der Waals surface area contributed by atoms with E-state index < -0.39 is 29.0 Å². The molecular formula is C21H18F3N3O4. The van der Waals surface area contributed by atoms with Gasteiger partial charge in [-0.05, 0) is 24.6 Å². The van der Waals surface area contributed by atoms with E-state index in [1.165, 1.54) is 24.3 Å². The summed E-state index contributed by atoms with van der Waals surface area (Å²) in [5.74, 6) is -1.28. The van der Waals surface area contributed by atoms with Crippen LogP contribution in [0.15, 0.2) is 41.2 Å². The number of H-pyrrole nitrogens is 1. The molecule has 7 nitrogen and oxygen atoms in total. The molecule has 4 rings (SSSR count). The molecule has 10 heteroatoms. The maximum absolute atomic E-state index is 12.8. The molecule has 0 unspecified atom stereocenters. The molecule has 0 radical (unpaired) electrons. The number of hydrogen-bond donors (Lipinski definition) is 4. The predicted octanol–water partition coefficient (Wildman–Crippen LogP) is 3.13. The van der Waals surface area contributed by atoms with Gasteiger partial charge in [-0.1, -0.05) is 18.2 Å². The maximum Gasteiger partial charge on any atom is 0.416 e. The number of fused-ring (bicyclic) bond motifs is 1. The second kappa shape index (κ2) is 7.62. The van der Waals surface area contributed by atoms with Crippen molar-refractivity contribution in [1.82, 2.24) is 14.9 Å². The number of nitrogens with one attached hydrogen (secondary N) is 1. The van der Waals surface area contributed by atoms with Gasteiger partial charge in [0.15, 0.2) is 11.5 Å². The van der Waals surface area contributed by atoms with Crippen LogP contribution in [0.2, 0.25) is 0 Å². The number of phenols is 3. The Morgan fingerprint density at radius 1 is 1.03 bits per heavy atom. The van der Waals surface area contributed by atoms with Gasteiger partial charge < -0.3 is 20.3 Å². The highest BCUT2D eigenvalue weighted by Crippen LogP contribution is 2.38. The Morgan fingerprint density at radius 3 is 2.42 bits per heavy atom. The molecule has 31 heavy (non-hydrogen) atoms. The molecule has 2 aromatic carbocycles. The number of benzene rings is 2. The van der Waals surface area contributed by atoms with Crippen LogP contribution < -0.4 is 5.56 Å². The second-order valence-corrected chi connectivity index (χ2v) is 7.32. The van der Waals surface area contributed by atoms with Crippen molar-refractivity contribution < 1.29 is 28.5 Å². The van der Waals surface area contributed by atoms with Crippen LogP contribution in [0.3, 0.4) is 0 Å². The monoisotopic (exact) mass is 433 g/mol. The van der Waals surface area contributed by atoms with Crippen LogP contribution in [-0.4, -0.2) is 36.7 Å². The zero-order valence-corrected chi connectivity index (χ0v) is 16.1. The molecule has 2 heterocycles. The first-order valence-electron chi connectivity index (χ1n) is 9.38. The highest BCUT2D eigenvalue weighted by molar-refractivity contribution is 5.56. The molecule has 0 saturated carbocycles. The number of aromatic nitrogens is 2. The number of phenolic OH excluding ortho intramolecular Hbond substituents is 3. The van der Waals surface area contributed by atoms with Crippen molar-refractivity contribution in [2.75, 3.05) is 6.54 Å². The quantitative estimate of drug-likeness (QED) is 0.473. The molecule has 0 aliphatic carbocycles. The summed E-state index contributed by atoms with van der Waals surface area (Å²) in [6, 6.07) is 7.13. The van der Waals surface area contributed by atoms with Gasteiger partial charge in [0.05, 0.1) is 11.3 Å². The van der Waals surface area contributed by atoms with E-state index in [2.05, 4.69) is 9.97 Å². The molecule has 0 spiro atoms. The van der Waals surface area contributed by atoms with Gasteiger partial charge in [0.1, 0.15) is 5.82 Å². The summed E-state index contributed by atoms with van der Waals surface area (Å²) in [5, 5.41) is 29.2. The van der Waals surface area contributed by atoms with Crippen LogP contribution in [0.25, 0.3) is 11.4 Å². The van der Waals surface area contributed by atoms with E-state index in [0.717, 1.165) is 12.1 Å². The molecule has 0 bridgehead atoms. The lowest BCUT2D eigenvalue weighted by Crippen LogP contribution is -2.35. The number of rotatable bonds is 3. The SMILES string of the molecule is O=c1[nH]c(-c2ccc(C(F)(F)F)cc2)nc2c1CCN(Cc1ccc(O)c(O)c1O)C2. The fourth-order valence-corrected chi connectivity index (χ4v) is 3.56. The number of nitrogens with zero attached hydrogens (tertiary/aromatic N) is 2. The number of alkyl halides is 3. The summed E-state index contributed by atoms with van der Waals surface area (Å²) in [6.07, 6.45) is -4.06. The van der Waals surface area contributed by atoms with Crippen molar-refractivity contribution in [3.05, 3.63) is 69.1 Å². The number of aromatic amines is 1. The van der Waals surface area contributed by atoms with E-state index in [4.69, 9.17) is 0 Å². The van der Waals surface area contributed by atoms with Crippen molar-refractivity contribution in [1.29, 1.82) is 0 Å². The van der Waals surface area contributed by atoms with E-state index >= 15 is 0 Å². The van der Waals surface area contributed by atoms with Crippen molar-refractivity contribution in [3.8, 4) is 28.6 Å². The Balaban J connectivity index is 1.60. The zero-order chi connectivity index (χ0) is 22.3. The van der Waals surface area contributed by atoms with Gasteiger partial charge in [0, 0.05) is 36.3 Å². The lowest BCUT2D eigenvalue weighted by atomic mass is 10.0. The van der Waals surface area contributed by atoms with Crippen LogP contribution in [0.1, 0.15) is 22.4 Å². The third-order valence-corrected chi connectivity index (χ3v) is 5.25. The summed E-state index contributed by atoms with van der Waals surface area (Å²) in [6.45, 7) is 1.01. The summed E-state index contributed by atoms with van der Waals surface area (Å²) < 4.78 is 38.3. The maximum atomic E-state index is 12.8. The largest absolute Gasteiger partial charge is 0.504 e. The third-order valence-electron chi connectivity index (χ3n) is 5.25. The van der Waals surface area contributed by atoms with Gasteiger partial charge in [-0.3, -0.25) is 9.69 Å². The minimum atomic E-state index is -4.45. The molecule has 1 aliphatic rings. The average Bonchev–Trinajstić information content (AvgIpc) is 2.73. The molecule has 0 fully saturated rings. The van der Waals surface area contributed by atoms with Crippen molar-refractivity contribution in [3.63, 3.8) is 0 Å². The molecule has 162 valence electrons. The lowest BCUT2D eigenvalue weighted by molar-refractivity contribution is -0.137. The minimum Gasteiger partial charge on any atom is -0.504 e. The fraction of sp³-hybridized carbons (Fsp3) is 0.238. The van der Waals surface area contributed by atoms with Gasteiger partial charge in [-0.2, -0.15) is 13.2 Å². The van der Waals surface area contributed by atoms with Crippen LogP contribution in [0.4, 0.5) is 13.2 Å². The lowest BCUT2D eigenvalue weighted by Gasteiger charge is -2.28. The molecule has 0 saturated heterocycles. The summed E-state index contributed by atoms with van der Waals surface area (Å²) >= 11 is 0. The highest BCUT2D eigenvalue weighted by atomic mass is 19.4. The minimum absolute atomic E-state index is 0.171. The molecule has 0 atom stereocenters. The molecule has 3 aromatic rings. The fourth-order valence-electron chi connectivity index (χ4n) is 3.56. The number of hydrogen-bond acceptors (Lipinski definition) is 6. The van der Waals surface area contributed by atoms with Crippen LogP contribution in [-0.2, 0) is 25.7 Å². The Morgan fingerprint density at radius 2 is 1.74 bits per heavy atom. The second-order valence-electron chi connectivity index (χ2n) is 7.32. The summed E-state index contributed by atoms with van der Waals surface area (Å²) in [7, 11) is 0. The van der Waals surface area contributed by atoms with Crippen LogP contribution in [0, 0.1) is 0 Å². The number of aromatic hydroxyl groups is 3. The molecular weight excluding hydrogens is 415 g/mol. The first-order valence-corrected chi connectivity index (χ1v) is 9.38. The first kappa shape index (κ1) is 20.7. The smallest absolute Gasteiger partial charge is 0.416 e. The number of halogens is 3. The van der Waals surface area contributed by atoms with Gasteiger partial charge in [0.2, 0.25) is 5.75 Å². The van der Waals surface area contributed by atoms with Gasteiger partial charge in [0.25, 0.3) is 5.56 Å². The Kier molecular flexibility index (Phi) is 5.10. The van der Waals surface area contributed by atoms with Gasteiger partial charge >= 0.3 is 6.18 Å². The van der Waals surface area contributed by atoms with Crippen LogP contribution >= 0.6 is 0 Å². The summed E-state index contributed by atoms with van der Waals surface area (Å²) in [5.41, 5.74) is 0.610. The Labute approximate surface area is 174 Å². The van der Waals surface area contributed by atoms with Crippen molar-refractivity contribution >= 4 is 0 Å². The van der Waals surface area contributed by atoms with Crippen LogP contribution in [0.5, 0.6) is 17.2 Å². The summed E-state index contributed by atoms with van der Waals surface area (Å²) in [4.78, 5) is 21.5. The normalized spacial score (nSPS) is 14.4. The Hall–Kier alpha value is -3.53. The van der Waals surface area contributed by atoms with E-state index in [-0.39, 0.29) is 24.5 Å². The molecule has 1 aromatic heterocycles. The highest BCUT2D eigenvalue weighted by Gasteiger charge is 2.30. The zero-order valence-electron chi connectivity index (χ0n) is 16.1. The standard InChI is InChI=1S/C21H18F3N3O4/c22-21(23,24)13-4-1-11(2-5-13)19-25-15-10-27(8-7-14(15)20(31)26-19)9-12-3-6-16(28)18(30)17(12)29/h1-6,28-30H,7-10H2,(H,25,26,31). The van der Waals surface area contributed by atoms with E-state index in [1.807, 2.05) is 4.90 Å². The first-order chi connectivity index (χ1) is 14.6. The molecule has 0 amide bonds. The third kappa shape index (κ3) is 4.06. The van der Waals surface area contributed by atoms with Gasteiger partial charge in [-0.15, -0.1) is 0 Å². The molecule has 4 N–H and O–H groups in total. The predicted molar refractivity (Wildman–Crippen MR) is 105 cm³/mol. The van der Waals surface area contributed by atoms with Crippen molar-refractivity contribution in [2.24, 2.45) is 0 Å². The van der Waals surface area contributed by atoms with E-state index in [0.29, 0.717) is 35.3 Å². The average molecular weight is 433 g/mol. The van der Waals surface area contributed by atoms with E-state index in [1.54, 1.807) is 0 Å². The Bertz CT molecular complexity index is 1190. The van der Waals surface area contributed by atoms with Crippen molar-refractivity contribution in [2.45, 2.75) is 25.7 Å².